The Morgan fingerprint density at radius 1 is 1.53 bits per heavy atom. The van der Waals surface area contributed by atoms with Crippen molar-refractivity contribution in [3.63, 3.8) is 0 Å². The van der Waals surface area contributed by atoms with Gasteiger partial charge < -0.3 is 15.0 Å². The van der Waals surface area contributed by atoms with Crippen molar-refractivity contribution in [1.82, 2.24) is 10.2 Å². The van der Waals surface area contributed by atoms with Gasteiger partial charge in [0.1, 0.15) is 6.04 Å². The predicted octanol–water partition coefficient (Wildman–Crippen LogP) is 0.298. The number of hydrogen-bond acceptors (Lipinski definition) is 4. The molecule has 1 rings (SSSR count). The first-order chi connectivity index (χ1) is 8.95. The fraction of sp³-hybridized carbons (Fsp3) is 0.750. The van der Waals surface area contributed by atoms with E-state index >= 15 is 0 Å². The molecule has 0 bridgehead atoms. The fourth-order valence-corrected chi connectivity index (χ4v) is 2.09. The lowest BCUT2D eigenvalue weighted by Gasteiger charge is -2.34. The van der Waals surface area contributed by atoms with Crippen LogP contribution in [0.25, 0.3) is 0 Å². The molecule has 1 aliphatic heterocycles. The third-order valence-corrected chi connectivity index (χ3v) is 3.18. The molecule has 6 nitrogen and oxygen atoms in total. The number of ether oxygens (including phenoxy) is 1. The van der Waals surface area contributed by atoms with Crippen molar-refractivity contribution in [2.24, 2.45) is 5.92 Å². The summed E-state index contributed by atoms with van der Waals surface area (Å²) in [5.74, 6) is -0.717. The van der Waals surface area contributed by atoms with E-state index in [1.54, 1.807) is 0 Å². The molecule has 1 atom stereocenters. The number of amides is 2. The van der Waals surface area contributed by atoms with E-state index in [2.05, 4.69) is 21.2 Å². The Morgan fingerprint density at radius 3 is 2.79 bits per heavy atom. The van der Waals surface area contributed by atoms with E-state index in [1.807, 2.05) is 13.8 Å². The van der Waals surface area contributed by atoms with Crippen molar-refractivity contribution < 1.29 is 19.1 Å². The molecular weight excluding hydrogens is 316 g/mol. The molecule has 2 amide bonds. The number of esters is 1. The van der Waals surface area contributed by atoms with Gasteiger partial charge in [-0.05, 0) is 5.92 Å². The first kappa shape index (κ1) is 15.9. The summed E-state index contributed by atoms with van der Waals surface area (Å²) in [5.41, 5.74) is 0. The molecule has 19 heavy (non-hydrogen) atoms. The number of hydrogen-bond donors (Lipinski definition) is 1. The van der Waals surface area contributed by atoms with Crippen LogP contribution in [-0.2, 0) is 19.1 Å². The Morgan fingerprint density at radius 2 is 2.21 bits per heavy atom. The van der Waals surface area contributed by atoms with Crippen molar-refractivity contribution in [2.75, 3.05) is 25.0 Å². The molecule has 0 spiro atoms. The molecule has 0 radical (unpaired) electrons. The van der Waals surface area contributed by atoms with Crippen LogP contribution in [0.1, 0.15) is 20.3 Å². The molecule has 0 saturated carbocycles. The number of rotatable bonds is 5. The third kappa shape index (κ3) is 4.81. The molecule has 1 saturated heterocycles. The number of halogens is 1. The summed E-state index contributed by atoms with van der Waals surface area (Å²) in [7, 11) is 0. The molecule has 0 aliphatic carbocycles. The van der Waals surface area contributed by atoms with Gasteiger partial charge >= 0.3 is 5.97 Å². The summed E-state index contributed by atoms with van der Waals surface area (Å²) in [5, 5.41) is 2.79. The number of nitrogens with zero attached hydrogens (tertiary/aromatic N) is 1. The Kier molecular flexibility index (Phi) is 6.27. The lowest BCUT2D eigenvalue weighted by atomic mass is 10.1. The van der Waals surface area contributed by atoms with Crippen molar-refractivity contribution in [3.8, 4) is 0 Å². The van der Waals surface area contributed by atoms with Crippen LogP contribution in [0.4, 0.5) is 0 Å². The maximum Gasteiger partial charge on any atom is 0.308 e. The lowest BCUT2D eigenvalue weighted by Crippen LogP contribution is -2.58. The van der Waals surface area contributed by atoms with Gasteiger partial charge in [-0.1, -0.05) is 29.8 Å². The van der Waals surface area contributed by atoms with Crippen molar-refractivity contribution in [1.29, 1.82) is 0 Å². The first-order valence-corrected chi connectivity index (χ1v) is 7.36. The Hall–Kier alpha value is -1.11. The SMILES string of the molecule is CC(C)COC(=O)C[C@@H]1C(=O)NCCN1C(=O)CBr. The van der Waals surface area contributed by atoms with E-state index in [-0.39, 0.29) is 29.5 Å². The smallest absolute Gasteiger partial charge is 0.308 e. The number of carbonyl (C=O) groups excluding carboxylic acids is 3. The number of alkyl halides is 1. The molecule has 0 aromatic rings. The maximum absolute atomic E-state index is 11.8. The molecule has 1 N–H and O–H groups in total. The summed E-state index contributed by atoms with van der Waals surface area (Å²) in [4.78, 5) is 36.6. The van der Waals surface area contributed by atoms with Crippen LogP contribution < -0.4 is 5.32 Å². The van der Waals surface area contributed by atoms with E-state index < -0.39 is 12.0 Å². The van der Waals surface area contributed by atoms with Crippen LogP contribution in [0.5, 0.6) is 0 Å². The molecular formula is C12H19BrN2O4. The van der Waals surface area contributed by atoms with Gasteiger partial charge in [-0.25, -0.2) is 0 Å². The molecule has 1 heterocycles. The maximum atomic E-state index is 11.8. The van der Waals surface area contributed by atoms with Crippen molar-refractivity contribution in [3.05, 3.63) is 0 Å². The Balaban J connectivity index is 2.62. The largest absolute Gasteiger partial charge is 0.465 e. The van der Waals surface area contributed by atoms with Gasteiger partial charge in [0.2, 0.25) is 11.8 Å². The van der Waals surface area contributed by atoms with Gasteiger partial charge in [-0.2, -0.15) is 0 Å². The quantitative estimate of drug-likeness (QED) is 0.579. The average molecular weight is 335 g/mol. The fourth-order valence-electron chi connectivity index (χ4n) is 1.77. The van der Waals surface area contributed by atoms with Gasteiger partial charge in [0, 0.05) is 13.1 Å². The zero-order valence-corrected chi connectivity index (χ0v) is 12.7. The Bertz CT molecular complexity index is 360. The monoisotopic (exact) mass is 334 g/mol. The summed E-state index contributed by atoms with van der Waals surface area (Å²) in [6.45, 7) is 5.01. The highest BCUT2D eigenvalue weighted by Gasteiger charge is 2.34. The first-order valence-electron chi connectivity index (χ1n) is 6.24. The zero-order valence-electron chi connectivity index (χ0n) is 11.1. The van der Waals surface area contributed by atoms with Crippen LogP contribution in [0.3, 0.4) is 0 Å². The van der Waals surface area contributed by atoms with Gasteiger partial charge in [0.05, 0.1) is 18.4 Å². The van der Waals surface area contributed by atoms with E-state index in [4.69, 9.17) is 4.74 Å². The van der Waals surface area contributed by atoms with E-state index in [1.165, 1.54) is 4.90 Å². The number of nitrogens with one attached hydrogen (secondary N) is 1. The molecule has 0 unspecified atom stereocenters. The summed E-state index contributed by atoms with van der Waals surface area (Å²) in [6, 6.07) is -0.765. The standard InChI is InChI=1S/C12H19BrN2O4/c1-8(2)7-19-11(17)5-9-12(18)14-3-4-15(9)10(16)6-13/h8-9H,3-7H2,1-2H3,(H,14,18)/t9-/m1/s1. The molecule has 7 heteroatoms. The molecule has 0 aromatic heterocycles. The average Bonchev–Trinajstić information content (AvgIpc) is 2.37. The van der Waals surface area contributed by atoms with E-state index in [9.17, 15) is 14.4 Å². The minimum absolute atomic E-state index is 0.0999. The predicted molar refractivity (Wildman–Crippen MR) is 72.7 cm³/mol. The molecule has 108 valence electrons. The van der Waals surface area contributed by atoms with Crippen molar-refractivity contribution in [2.45, 2.75) is 26.3 Å². The lowest BCUT2D eigenvalue weighted by molar-refractivity contribution is -0.151. The highest BCUT2D eigenvalue weighted by molar-refractivity contribution is 9.09. The van der Waals surface area contributed by atoms with Crippen LogP contribution in [0.2, 0.25) is 0 Å². The van der Waals surface area contributed by atoms with Crippen LogP contribution in [0, 0.1) is 5.92 Å². The van der Waals surface area contributed by atoms with E-state index in [0.717, 1.165) is 0 Å². The second-order valence-electron chi connectivity index (χ2n) is 4.81. The summed E-state index contributed by atoms with van der Waals surface area (Å²) < 4.78 is 5.05. The second-order valence-corrected chi connectivity index (χ2v) is 5.37. The highest BCUT2D eigenvalue weighted by Crippen LogP contribution is 2.11. The minimum Gasteiger partial charge on any atom is -0.465 e. The van der Waals surface area contributed by atoms with Gasteiger partial charge in [-0.3, -0.25) is 14.4 Å². The van der Waals surface area contributed by atoms with Gasteiger partial charge in [0.25, 0.3) is 0 Å². The second kappa shape index (κ2) is 7.47. The minimum atomic E-state index is -0.765. The Labute approximate surface area is 121 Å². The highest BCUT2D eigenvalue weighted by atomic mass is 79.9. The van der Waals surface area contributed by atoms with Gasteiger partial charge in [0.15, 0.2) is 0 Å². The molecule has 1 aliphatic rings. The third-order valence-electron chi connectivity index (χ3n) is 2.70. The van der Waals surface area contributed by atoms with Crippen molar-refractivity contribution >= 4 is 33.7 Å². The number of piperazine rings is 1. The van der Waals surface area contributed by atoms with Crippen LogP contribution in [-0.4, -0.2) is 53.8 Å². The normalized spacial score (nSPS) is 19.3. The molecule has 1 fully saturated rings. The van der Waals surface area contributed by atoms with Gasteiger partial charge in [-0.15, -0.1) is 0 Å². The zero-order chi connectivity index (χ0) is 14.4. The topological polar surface area (TPSA) is 75.7 Å². The summed E-state index contributed by atoms with van der Waals surface area (Å²) >= 11 is 3.07. The summed E-state index contributed by atoms with van der Waals surface area (Å²) in [6.07, 6.45) is -0.0999. The van der Waals surface area contributed by atoms with Crippen LogP contribution in [0.15, 0.2) is 0 Å². The van der Waals surface area contributed by atoms with Crippen LogP contribution >= 0.6 is 15.9 Å². The number of carbonyl (C=O) groups is 3. The molecule has 0 aromatic carbocycles. The van der Waals surface area contributed by atoms with E-state index in [0.29, 0.717) is 19.7 Å².